The number of rotatable bonds is 8. The molecule has 0 unspecified atom stereocenters. The van der Waals surface area contributed by atoms with Crippen molar-refractivity contribution in [2.75, 3.05) is 54.1 Å². The Kier molecular flexibility index (Phi) is 7.16. The van der Waals surface area contributed by atoms with Gasteiger partial charge in [0, 0.05) is 18.7 Å². The Morgan fingerprint density at radius 3 is 2.51 bits per heavy atom. The summed E-state index contributed by atoms with van der Waals surface area (Å²) < 4.78 is 22.3. The molecule has 1 saturated heterocycles. The Labute approximate surface area is 204 Å². The molecule has 0 radical (unpaired) electrons. The lowest BCUT2D eigenvalue weighted by Crippen LogP contribution is -2.35. The number of benzene rings is 2. The van der Waals surface area contributed by atoms with Crippen LogP contribution in [0.5, 0.6) is 23.0 Å². The molecule has 0 bridgehead atoms. The van der Waals surface area contributed by atoms with Gasteiger partial charge in [-0.2, -0.15) is 0 Å². The summed E-state index contributed by atoms with van der Waals surface area (Å²) in [6.07, 6.45) is 0. The summed E-state index contributed by atoms with van der Waals surface area (Å²) in [4.78, 5) is 29.8. The van der Waals surface area contributed by atoms with Gasteiger partial charge in [-0.3, -0.25) is 9.59 Å². The molecule has 186 valence electrons. The van der Waals surface area contributed by atoms with E-state index in [2.05, 4.69) is 0 Å². The first kappa shape index (κ1) is 24.4. The lowest BCUT2D eigenvalue weighted by atomic mass is 9.94. The third kappa shape index (κ3) is 4.77. The first-order valence-corrected chi connectivity index (χ1v) is 11.5. The molecular weight excluding hydrogens is 452 g/mol. The van der Waals surface area contributed by atoms with E-state index in [0.29, 0.717) is 67.0 Å². The van der Waals surface area contributed by atoms with Crippen LogP contribution in [0.3, 0.4) is 0 Å². The zero-order valence-corrected chi connectivity index (χ0v) is 20.4. The normalized spacial score (nSPS) is 18.8. The number of aliphatic hydroxyl groups is 1. The summed E-state index contributed by atoms with van der Waals surface area (Å²) in [5, 5.41) is 11.3. The average molecular weight is 483 g/mol. The van der Waals surface area contributed by atoms with Gasteiger partial charge in [0.2, 0.25) is 0 Å². The van der Waals surface area contributed by atoms with E-state index in [9.17, 15) is 14.7 Å². The molecule has 1 N–H and O–H groups in total. The molecule has 2 aliphatic heterocycles. The minimum atomic E-state index is -0.798. The van der Waals surface area contributed by atoms with Crippen molar-refractivity contribution in [2.24, 2.45) is 0 Å². The van der Waals surface area contributed by atoms with Crippen LogP contribution >= 0.6 is 0 Å². The smallest absolute Gasteiger partial charge is 0.295 e. The van der Waals surface area contributed by atoms with Crippen LogP contribution in [-0.4, -0.2) is 80.7 Å². The number of hydrogen-bond acceptors (Lipinski definition) is 8. The van der Waals surface area contributed by atoms with Gasteiger partial charge in [0.15, 0.2) is 23.0 Å². The second-order valence-corrected chi connectivity index (χ2v) is 8.50. The number of carbonyl (C=O) groups excluding carboxylic acids is 2. The number of amides is 1. The summed E-state index contributed by atoms with van der Waals surface area (Å²) in [5.41, 5.74) is 1.00. The molecule has 2 aromatic rings. The second-order valence-electron chi connectivity index (χ2n) is 8.50. The van der Waals surface area contributed by atoms with Crippen molar-refractivity contribution in [3.8, 4) is 23.0 Å². The lowest BCUT2D eigenvalue weighted by molar-refractivity contribution is -0.140. The Hall–Kier alpha value is -3.72. The maximum absolute atomic E-state index is 13.2. The van der Waals surface area contributed by atoms with E-state index in [4.69, 9.17) is 18.9 Å². The average Bonchev–Trinajstić information content (AvgIpc) is 3.12. The molecule has 1 amide bonds. The summed E-state index contributed by atoms with van der Waals surface area (Å²) in [6.45, 7) is 4.00. The standard InChI is InChI=1S/C26H30N2O7/c1-5-33-18-8-6-16(14-20(18)32-4)23-22(25(30)26(31)28(23)11-10-27(2)3)24(29)17-7-9-19-21(15-17)35-13-12-34-19/h6-9,14-15,23,29H,5,10-13H2,1-4H3/t23-/m0/s1. The summed E-state index contributed by atoms with van der Waals surface area (Å²) in [6, 6.07) is 9.41. The van der Waals surface area contributed by atoms with Gasteiger partial charge in [-0.1, -0.05) is 6.07 Å². The molecule has 4 rings (SSSR count). The Balaban J connectivity index is 1.84. The van der Waals surface area contributed by atoms with Gasteiger partial charge in [0.05, 0.1) is 25.3 Å². The maximum atomic E-state index is 13.2. The van der Waals surface area contributed by atoms with Crippen LogP contribution in [0.25, 0.3) is 5.76 Å². The van der Waals surface area contributed by atoms with Crippen molar-refractivity contribution in [3.05, 3.63) is 53.1 Å². The van der Waals surface area contributed by atoms with Crippen molar-refractivity contribution in [2.45, 2.75) is 13.0 Å². The summed E-state index contributed by atoms with van der Waals surface area (Å²) >= 11 is 0. The highest BCUT2D eigenvalue weighted by atomic mass is 16.6. The number of Topliss-reactive ketones (excluding diaryl/α,β-unsaturated/α-hetero) is 1. The molecule has 0 spiro atoms. The minimum absolute atomic E-state index is 0.0108. The van der Waals surface area contributed by atoms with Crippen molar-refractivity contribution in [3.63, 3.8) is 0 Å². The summed E-state index contributed by atoms with van der Waals surface area (Å²) in [5.74, 6) is 0.384. The van der Waals surface area contributed by atoms with E-state index in [1.54, 1.807) is 36.4 Å². The van der Waals surface area contributed by atoms with E-state index in [1.807, 2.05) is 25.9 Å². The molecule has 0 aromatic heterocycles. The first-order valence-electron chi connectivity index (χ1n) is 11.5. The van der Waals surface area contributed by atoms with Crippen LogP contribution in [-0.2, 0) is 9.59 Å². The Bertz CT molecular complexity index is 1160. The highest BCUT2D eigenvalue weighted by Gasteiger charge is 2.46. The zero-order chi connectivity index (χ0) is 25.1. The minimum Gasteiger partial charge on any atom is -0.507 e. The largest absolute Gasteiger partial charge is 0.507 e. The second kappa shape index (κ2) is 10.3. The molecule has 1 atom stereocenters. The fraction of sp³-hybridized carbons (Fsp3) is 0.385. The van der Waals surface area contributed by atoms with E-state index >= 15 is 0 Å². The van der Waals surface area contributed by atoms with Crippen LogP contribution in [0.15, 0.2) is 42.0 Å². The van der Waals surface area contributed by atoms with E-state index < -0.39 is 17.7 Å². The zero-order valence-electron chi connectivity index (χ0n) is 20.4. The highest BCUT2D eigenvalue weighted by Crippen LogP contribution is 2.43. The van der Waals surface area contributed by atoms with Crippen LogP contribution in [0.2, 0.25) is 0 Å². The number of carbonyl (C=O) groups is 2. The molecule has 0 aliphatic carbocycles. The quantitative estimate of drug-likeness (QED) is 0.349. The van der Waals surface area contributed by atoms with E-state index in [0.717, 1.165) is 0 Å². The topological polar surface area (TPSA) is 97.8 Å². The fourth-order valence-corrected chi connectivity index (χ4v) is 4.24. The number of methoxy groups -OCH3 is 1. The number of aliphatic hydroxyl groups excluding tert-OH is 1. The molecule has 1 fully saturated rings. The van der Waals surface area contributed by atoms with Crippen LogP contribution in [0.1, 0.15) is 24.1 Å². The number of ether oxygens (including phenoxy) is 4. The highest BCUT2D eigenvalue weighted by molar-refractivity contribution is 6.46. The van der Waals surface area contributed by atoms with Gasteiger partial charge in [0.25, 0.3) is 11.7 Å². The molecular formula is C26H30N2O7. The molecule has 9 nitrogen and oxygen atoms in total. The number of nitrogens with zero attached hydrogens (tertiary/aromatic N) is 2. The van der Waals surface area contributed by atoms with Crippen molar-refractivity contribution in [1.82, 2.24) is 9.80 Å². The molecule has 2 aliphatic rings. The van der Waals surface area contributed by atoms with Crippen molar-refractivity contribution in [1.29, 1.82) is 0 Å². The first-order chi connectivity index (χ1) is 16.8. The number of fused-ring (bicyclic) bond motifs is 1. The van der Waals surface area contributed by atoms with Crippen LogP contribution in [0.4, 0.5) is 0 Å². The van der Waals surface area contributed by atoms with Gasteiger partial charge in [-0.05, 0) is 56.9 Å². The molecule has 35 heavy (non-hydrogen) atoms. The number of ketones is 1. The molecule has 2 heterocycles. The predicted octanol–water partition coefficient (Wildman–Crippen LogP) is 2.85. The van der Waals surface area contributed by atoms with Gasteiger partial charge in [0.1, 0.15) is 19.0 Å². The Morgan fingerprint density at radius 2 is 1.83 bits per heavy atom. The number of likely N-dealkylation sites (N-methyl/N-ethyl adjacent to an activating group) is 1. The van der Waals surface area contributed by atoms with E-state index in [1.165, 1.54) is 12.0 Å². The fourth-order valence-electron chi connectivity index (χ4n) is 4.24. The summed E-state index contributed by atoms with van der Waals surface area (Å²) in [7, 11) is 5.31. The third-order valence-electron chi connectivity index (χ3n) is 5.95. The SMILES string of the molecule is CCOc1ccc([C@H]2C(=C(O)c3ccc4c(c3)OCCO4)C(=O)C(=O)N2CCN(C)C)cc1OC. The predicted molar refractivity (Wildman–Crippen MR) is 129 cm³/mol. The van der Waals surface area contributed by atoms with Crippen LogP contribution in [0, 0.1) is 0 Å². The van der Waals surface area contributed by atoms with Gasteiger partial charge < -0.3 is 33.9 Å². The Morgan fingerprint density at radius 1 is 1.09 bits per heavy atom. The molecule has 9 heteroatoms. The monoisotopic (exact) mass is 482 g/mol. The van der Waals surface area contributed by atoms with Crippen LogP contribution < -0.4 is 18.9 Å². The third-order valence-corrected chi connectivity index (χ3v) is 5.95. The molecule has 2 aromatic carbocycles. The van der Waals surface area contributed by atoms with Crippen molar-refractivity contribution < 1.29 is 33.6 Å². The van der Waals surface area contributed by atoms with Gasteiger partial charge in [-0.15, -0.1) is 0 Å². The number of hydrogen-bond donors (Lipinski definition) is 1. The van der Waals surface area contributed by atoms with Gasteiger partial charge in [-0.25, -0.2) is 0 Å². The molecule has 0 saturated carbocycles. The number of likely N-dealkylation sites (tertiary alicyclic amines) is 1. The van der Waals surface area contributed by atoms with E-state index in [-0.39, 0.29) is 11.3 Å². The van der Waals surface area contributed by atoms with Gasteiger partial charge >= 0.3 is 0 Å². The maximum Gasteiger partial charge on any atom is 0.295 e. The lowest BCUT2D eigenvalue weighted by Gasteiger charge is -2.27. The van der Waals surface area contributed by atoms with Crippen molar-refractivity contribution >= 4 is 17.4 Å².